The van der Waals surface area contributed by atoms with Crippen molar-refractivity contribution in [2.75, 3.05) is 32.4 Å². The summed E-state index contributed by atoms with van der Waals surface area (Å²) in [4.78, 5) is 2.24. The van der Waals surface area contributed by atoms with E-state index in [0.717, 1.165) is 18.4 Å². The van der Waals surface area contributed by atoms with Gasteiger partial charge in [0.15, 0.2) is 0 Å². The minimum absolute atomic E-state index is 0.0987. The van der Waals surface area contributed by atoms with Crippen LogP contribution < -0.4 is 0 Å². The van der Waals surface area contributed by atoms with E-state index in [4.69, 9.17) is 0 Å². The molecule has 1 aliphatic heterocycles. The third-order valence-electron chi connectivity index (χ3n) is 4.66. The molecule has 0 aromatic heterocycles. The summed E-state index contributed by atoms with van der Waals surface area (Å²) in [5.74, 6) is 0. The van der Waals surface area contributed by atoms with Crippen molar-refractivity contribution in [2.24, 2.45) is 0 Å². The Hall–Kier alpha value is -0.950. The predicted octanol–water partition coefficient (Wildman–Crippen LogP) is 0.612. The van der Waals surface area contributed by atoms with Crippen molar-refractivity contribution in [3.63, 3.8) is 0 Å². The summed E-state index contributed by atoms with van der Waals surface area (Å²) in [5.41, 5.74) is 2.26. The second-order valence-corrected chi connectivity index (χ2v) is 7.93. The Kier molecular flexibility index (Phi) is 4.05. The molecule has 1 fully saturated rings. The van der Waals surface area contributed by atoms with Crippen molar-refractivity contribution in [2.45, 2.75) is 25.0 Å². The minimum Gasteiger partial charge on any atom is -0.387 e. The minimum atomic E-state index is -3.10. The highest BCUT2D eigenvalue weighted by Gasteiger charge is 2.34. The van der Waals surface area contributed by atoms with Gasteiger partial charge in [0.05, 0.1) is 12.4 Å². The second kappa shape index (κ2) is 5.68. The summed E-state index contributed by atoms with van der Waals surface area (Å²) in [6.07, 6.45) is 2.69. The molecular formula is C15H22N2O3S. The molecule has 0 saturated carbocycles. The van der Waals surface area contributed by atoms with Crippen LogP contribution in [0.4, 0.5) is 0 Å². The Morgan fingerprint density at radius 3 is 2.48 bits per heavy atom. The molecule has 6 heteroatoms. The topological polar surface area (TPSA) is 60.9 Å². The second-order valence-electron chi connectivity index (χ2n) is 5.95. The maximum absolute atomic E-state index is 11.6. The smallest absolute Gasteiger partial charge is 0.211 e. The molecule has 2 atom stereocenters. The number of hydrogen-bond donors (Lipinski definition) is 1. The van der Waals surface area contributed by atoms with Crippen LogP contribution in [0.25, 0.3) is 0 Å². The molecule has 1 aromatic rings. The standard InChI is InChI=1S/C15H22N2O3S/c1-21(19,20)17-10-8-16(9-11-17)14-7-6-12-4-2-3-5-13(12)15(14)18/h2-5,14-15,18H,6-11H2,1H3. The Morgan fingerprint density at radius 2 is 1.81 bits per heavy atom. The highest BCUT2D eigenvalue weighted by Crippen LogP contribution is 2.33. The molecule has 0 spiro atoms. The van der Waals surface area contributed by atoms with Gasteiger partial charge in [-0.25, -0.2) is 8.42 Å². The summed E-state index contributed by atoms with van der Waals surface area (Å²) >= 11 is 0. The summed E-state index contributed by atoms with van der Waals surface area (Å²) in [5, 5.41) is 10.6. The summed E-state index contributed by atoms with van der Waals surface area (Å²) in [6.45, 7) is 2.42. The lowest BCUT2D eigenvalue weighted by molar-refractivity contribution is 0.0203. The van der Waals surface area contributed by atoms with Crippen molar-refractivity contribution >= 4 is 10.0 Å². The van der Waals surface area contributed by atoms with Gasteiger partial charge in [-0.05, 0) is 24.0 Å². The van der Waals surface area contributed by atoms with Gasteiger partial charge in [-0.1, -0.05) is 24.3 Å². The number of fused-ring (bicyclic) bond motifs is 1. The van der Waals surface area contributed by atoms with Crippen LogP contribution >= 0.6 is 0 Å². The van der Waals surface area contributed by atoms with E-state index < -0.39 is 16.1 Å². The van der Waals surface area contributed by atoms with E-state index in [9.17, 15) is 13.5 Å². The fourth-order valence-electron chi connectivity index (χ4n) is 3.47. The van der Waals surface area contributed by atoms with E-state index in [2.05, 4.69) is 11.0 Å². The number of nitrogens with zero attached hydrogens (tertiary/aromatic N) is 2. The first-order valence-corrected chi connectivity index (χ1v) is 9.26. The molecule has 2 aliphatic rings. The molecule has 2 unspecified atom stereocenters. The zero-order valence-electron chi connectivity index (χ0n) is 12.3. The molecule has 0 bridgehead atoms. The summed E-state index contributed by atoms with van der Waals surface area (Å²) in [7, 11) is -3.10. The molecule has 0 radical (unpaired) electrons. The Labute approximate surface area is 126 Å². The first kappa shape index (κ1) is 15.0. The molecular weight excluding hydrogens is 288 g/mol. The number of benzene rings is 1. The highest BCUT2D eigenvalue weighted by molar-refractivity contribution is 7.88. The highest BCUT2D eigenvalue weighted by atomic mass is 32.2. The Balaban J connectivity index is 1.70. The molecule has 1 N–H and O–H groups in total. The van der Waals surface area contributed by atoms with Gasteiger partial charge < -0.3 is 5.11 Å². The Bertz CT molecular complexity index is 609. The normalized spacial score (nSPS) is 28.3. The van der Waals surface area contributed by atoms with Gasteiger partial charge in [-0.2, -0.15) is 4.31 Å². The van der Waals surface area contributed by atoms with Gasteiger partial charge in [0.1, 0.15) is 0 Å². The molecule has 3 rings (SSSR count). The van der Waals surface area contributed by atoms with Crippen LogP contribution in [0, 0.1) is 0 Å². The lowest BCUT2D eigenvalue weighted by Crippen LogP contribution is -2.53. The van der Waals surface area contributed by atoms with Gasteiger partial charge >= 0.3 is 0 Å². The van der Waals surface area contributed by atoms with E-state index in [1.807, 2.05) is 18.2 Å². The molecule has 0 amide bonds. The number of aliphatic hydroxyl groups is 1. The van der Waals surface area contributed by atoms with E-state index >= 15 is 0 Å². The molecule has 116 valence electrons. The van der Waals surface area contributed by atoms with Crippen LogP contribution in [0.1, 0.15) is 23.7 Å². The molecule has 1 saturated heterocycles. The number of aliphatic hydroxyl groups excluding tert-OH is 1. The van der Waals surface area contributed by atoms with Crippen LogP contribution in [0.5, 0.6) is 0 Å². The monoisotopic (exact) mass is 310 g/mol. The van der Waals surface area contributed by atoms with E-state index in [1.165, 1.54) is 16.1 Å². The molecule has 1 heterocycles. The zero-order valence-corrected chi connectivity index (χ0v) is 13.1. The van der Waals surface area contributed by atoms with Crippen LogP contribution in [0.3, 0.4) is 0 Å². The van der Waals surface area contributed by atoms with E-state index in [-0.39, 0.29) is 6.04 Å². The first-order valence-electron chi connectivity index (χ1n) is 7.42. The largest absolute Gasteiger partial charge is 0.387 e. The predicted molar refractivity (Wildman–Crippen MR) is 81.5 cm³/mol. The van der Waals surface area contributed by atoms with Crippen molar-refractivity contribution in [3.05, 3.63) is 35.4 Å². The number of aryl methyl sites for hydroxylation is 1. The lowest BCUT2D eigenvalue weighted by Gasteiger charge is -2.42. The van der Waals surface area contributed by atoms with Gasteiger partial charge in [-0.3, -0.25) is 4.90 Å². The quantitative estimate of drug-likeness (QED) is 0.869. The number of rotatable bonds is 2. The van der Waals surface area contributed by atoms with E-state index in [0.29, 0.717) is 26.2 Å². The number of hydrogen-bond acceptors (Lipinski definition) is 4. The summed E-state index contributed by atoms with van der Waals surface area (Å²) in [6, 6.07) is 8.15. The van der Waals surface area contributed by atoms with Crippen LogP contribution in [-0.2, 0) is 16.4 Å². The molecule has 5 nitrogen and oxygen atoms in total. The average molecular weight is 310 g/mol. The fourth-order valence-corrected chi connectivity index (χ4v) is 4.29. The average Bonchev–Trinajstić information content (AvgIpc) is 2.47. The van der Waals surface area contributed by atoms with Crippen molar-refractivity contribution < 1.29 is 13.5 Å². The number of sulfonamides is 1. The lowest BCUT2D eigenvalue weighted by atomic mass is 9.85. The van der Waals surface area contributed by atoms with Crippen molar-refractivity contribution in [1.29, 1.82) is 0 Å². The maximum Gasteiger partial charge on any atom is 0.211 e. The SMILES string of the molecule is CS(=O)(=O)N1CCN(C2CCc3ccccc3C2O)CC1. The molecule has 1 aliphatic carbocycles. The van der Waals surface area contributed by atoms with Crippen molar-refractivity contribution in [1.82, 2.24) is 9.21 Å². The third-order valence-corrected chi connectivity index (χ3v) is 5.96. The molecule has 1 aromatic carbocycles. The van der Waals surface area contributed by atoms with Crippen LogP contribution in [0.2, 0.25) is 0 Å². The maximum atomic E-state index is 11.6. The van der Waals surface area contributed by atoms with Gasteiger partial charge in [0, 0.05) is 32.2 Å². The Morgan fingerprint density at radius 1 is 1.14 bits per heavy atom. The van der Waals surface area contributed by atoms with Gasteiger partial charge in [-0.15, -0.1) is 0 Å². The van der Waals surface area contributed by atoms with Crippen LogP contribution in [-0.4, -0.2) is 61.2 Å². The van der Waals surface area contributed by atoms with Gasteiger partial charge in [0.25, 0.3) is 0 Å². The van der Waals surface area contributed by atoms with Crippen molar-refractivity contribution in [3.8, 4) is 0 Å². The first-order chi connectivity index (χ1) is 9.97. The third kappa shape index (κ3) is 2.99. The number of piperazine rings is 1. The van der Waals surface area contributed by atoms with Crippen LogP contribution in [0.15, 0.2) is 24.3 Å². The summed E-state index contributed by atoms with van der Waals surface area (Å²) < 4.78 is 24.6. The van der Waals surface area contributed by atoms with Gasteiger partial charge in [0.2, 0.25) is 10.0 Å². The fraction of sp³-hybridized carbons (Fsp3) is 0.600. The molecule has 21 heavy (non-hydrogen) atoms. The zero-order chi connectivity index (χ0) is 15.0. The van der Waals surface area contributed by atoms with E-state index in [1.54, 1.807) is 0 Å².